The van der Waals surface area contributed by atoms with Gasteiger partial charge in [-0.15, -0.1) is 16.8 Å². The second kappa shape index (κ2) is 8.64. The first-order chi connectivity index (χ1) is 15.0. The first kappa shape index (κ1) is 20.7. The van der Waals surface area contributed by atoms with Crippen LogP contribution in [-0.2, 0) is 13.1 Å². The van der Waals surface area contributed by atoms with E-state index in [4.69, 9.17) is 8.83 Å². The van der Waals surface area contributed by atoms with Crippen LogP contribution in [0.4, 0.5) is 5.69 Å². The van der Waals surface area contributed by atoms with Gasteiger partial charge in [-0.1, -0.05) is 17.8 Å². The molecule has 0 aliphatic rings. The van der Waals surface area contributed by atoms with Crippen molar-refractivity contribution in [3.63, 3.8) is 0 Å². The molecular weight excluding hydrogens is 422 g/mol. The van der Waals surface area contributed by atoms with Crippen LogP contribution in [0.25, 0.3) is 22.5 Å². The van der Waals surface area contributed by atoms with Gasteiger partial charge >= 0.3 is 5.76 Å². The van der Waals surface area contributed by atoms with E-state index < -0.39 is 10.7 Å². The van der Waals surface area contributed by atoms with E-state index in [1.54, 1.807) is 12.3 Å². The molecule has 0 fully saturated rings. The van der Waals surface area contributed by atoms with Gasteiger partial charge in [-0.05, 0) is 25.5 Å². The molecule has 0 radical (unpaired) electrons. The molecule has 3 aromatic heterocycles. The van der Waals surface area contributed by atoms with E-state index in [1.807, 2.05) is 17.6 Å². The standard InChI is InChI=1S/C20H19N5O5S/c1-3-8-24-18(15-7-10-29-13(15)2)21-22-19(24)31-11-4-9-23-16-12-14(25(27)28)5-6-17(16)30-20(23)26/h3,5-7,10,12H,1,4,8-9,11H2,2H3. The number of oxazole rings is 1. The summed E-state index contributed by atoms with van der Waals surface area (Å²) in [6, 6.07) is 5.96. The first-order valence-electron chi connectivity index (χ1n) is 9.48. The molecule has 0 amide bonds. The molecule has 0 aliphatic heterocycles. The SMILES string of the molecule is C=CCn1c(SCCCn2c(=O)oc3ccc([N+](=O)[O-])cc32)nnc1-c1ccoc1C. The third-order valence-corrected chi connectivity index (χ3v) is 5.80. The summed E-state index contributed by atoms with van der Waals surface area (Å²) in [5.74, 6) is 1.59. The molecule has 31 heavy (non-hydrogen) atoms. The average molecular weight is 441 g/mol. The predicted molar refractivity (Wildman–Crippen MR) is 115 cm³/mol. The lowest BCUT2D eigenvalue weighted by atomic mass is 10.2. The summed E-state index contributed by atoms with van der Waals surface area (Å²) < 4.78 is 13.9. The molecule has 0 saturated carbocycles. The molecule has 4 aromatic rings. The van der Waals surface area contributed by atoms with Crippen LogP contribution < -0.4 is 5.76 Å². The van der Waals surface area contributed by atoms with Gasteiger partial charge < -0.3 is 8.83 Å². The number of hydrogen-bond donors (Lipinski definition) is 0. The molecule has 0 bridgehead atoms. The highest BCUT2D eigenvalue weighted by Crippen LogP contribution is 2.27. The van der Waals surface area contributed by atoms with E-state index in [9.17, 15) is 14.9 Å². The molecule has 0 aliphatic carbocycles. The zero-order valence-corrected chi connectivity index (χ0v) is 17.5. The molecular formula is C20H19N5O5S. The maximum atomic E-state index is 12.2. The van der Waals surface area contributed by atoms with Crippen LogP contribution in [0.2, 0.25) is 0 Å². The number of nitro benzene ring substituents is 1. The summed E-state index contributed by atoms with van der Waals surface area (Å²) in [7, 11) is 0. The van der Waals surface area contributed by atoms with E-state index >= 15 is 0 Å². The van der Waals surface area contributed by atoms with Gasteiger partial charge in [-0.2, -0.15) is 0 Å². The van der Waals surface area contributed by atoms with E-state index in [0.29, 0.717) is 42.2 Å². The lowest BCUT2D eigenvalue weighted by Crippen LogP contribution is -2.14. The van der Waals surface area contributed by atoms with Crippen molar-refractivity contribution in [3.05, 3.63) is 69.6 Å². The van der Waals surface area contributed by atoms with Crippen molar-refractivity contribution in [1.29, 1.82) is 0 Å². The molecule has 0 unspecified atom stereocenters. The monoisotopic (exact) mass is 441 g/mol. The fourth-order valence-corrected chi connectivity index (χ4v) is 4.14. The Labute approximate surface area is 180 Å². The van der Waals surface area contributed by atoms with Crippen LogP contribution >= 0.6 is 11.8 Å². The Morgan fingerprint density at radius 1 is 1.29 bits per heavy atom. The Balaban J connectivity index is 1.48. The van der Waals surface area contributed by atoms with E-state index in [2.05, 4.69) is 16.8 Å². The number of rotatable bonds is 9. The number of hydrogen-bond acceptors (Lipinski definition) is 8. The van der Waals surface area contributed by atoms with Gasteiger partial charge in [0.1, 0.15) is 5.76 Å². The van der Waals surface area contributed by atoms with Crippen molar-refractivity contribution in [2.45, 2.75) is 31.6 Å². The van der Waals surface area contributed by atoms with Gasteiger partial charge in [0.15, 0.2) is 16.6 Å². The molecule has 10 nitrogen and oxygen atoms in total. The van der Waals surface area contributed by atoms with Gasteiger partial charge in [0.25, 0.3) is 5.69 Å². The second-order valence-corrected chi connectivity index (χ2v) is 7.79. The number of furan rings is 1. The molecule has 0 N–H and O–H groups in total. The number of allylic oxidation sites excluding steroid dienone is 1. The van der Waals surface area contributed by atoms with Gasteiger partial charge in [0.2, 0.25) is 0 Å². The highest BCUT2D eigenvalue weighted by Gasteiger charge is 2.17. The number of benzene rings is 1. The molecule has 11 heteroatoms. The Morgan fingerprint density at radius 2 is 2.13 bits per heavy atom. The van der Waals surface area contributed by atoms with Crippen molar-refractivity contribution in [1.82, 2.24) is 19.3 Å². The zero-order valence-electron chi connectivity index (χ0n) is 16.7. The lowest BCUT2D eigenvalue weighted by Gasteiger charge is -2.07. The average Bonchev–Trinajstić information content (AvgIpc) is 3.42. The van der Waals surface area contributed by atoms with Crippen LogP contribution in [0.1, 0.15) is 12.2 Å². The first-order valence-corrected chi connectivity index (χ1v) is 10.5. The zero-order chi connectivity index (χ0) is 22.0. The van der Waals surface area contributed by atoms with Crippen molar-refractivity contribution in [3.8, 4) is 11.4 Å². The number of nitrogens with zero attached hydrogens (tertiary/aromatic N) is 5. The molecule has 160 valence electrons. The number of thioether (sulfide) groups is 1. The third-order valence-electron chi connectivity index (χ3n) is 4.75. The number of nitro groups is 1. The maximum absolute atomic E-state index is 12.2. The normalized spacial score (nSPS) is 11.3. The maximum Gasteiger partial charge on any atom is 0.419 e. The third kappa shape index (κ3) is 4.04. The van der Waals surface area contributed by atoms with Crippen molar-refractivity contribution >= 4 is 28.5 Å². The molecule has 0 atom stereocenters. The number of aromatic nitrogens is 4. The minimum atomic E-state index is -0.534. The van der Waals surface area contributed by atoms with Crippen molar-refractivity contribution < 1.29 is 13.8 Å². The van der Waals surface area contributed by atoms with Gasteiger partial charge in [0, 0.05) is 31.0 Å². The predicted octanol–water partition coefficient (Wildman–Crippen LogP) is 4.03. The smallest absolute Gasteiger partial charge is 0.419 e. The van der Waals surface area contributed by atoms with Crippen LogP contribution in [0.5, 0.6) is 0 Å². The van der Waals surface area contributed by atoms with E-state index in [0.717, 1.165) is 16.5 Å². The Kier molecular flexibility index (Phi) is 5.76. The van der Waals surface area contributed by atoms with Crippen LogP contribution in [-0.4, -0.2) is 30.0 Å². The largest absolute Gasteiger partial charge is 0.469 e. The highest BCUT2D eigenvalue weighted by atomic mass is 32.2. The minimum absolute atomic E-state index is 0.0870. The van der Waals surface area contributed by atoms with Gasteiger partial charge in [0.05, 0.1) is 22.3 Å². The van der Waals surface area contributed by atoms with E-state index in [-0.39, 0.29) is 5.69 Å². The molecule has 3 heterocycles. The van der Waals surface area contributed by atoms with Crippen LogP contribution in [0.3, 0.4) is 0 Å². The molecule has 0 saturated heterocycles. The molecule has 4 rings (SSSR count). The summed E-state index contributed by atoms with van der Waals surface area (Å²) in [6.07, 6.45) is 4.01. The summed E-state index contributed by atoms with van der Waals surface area (Å²) in [5, 5.41) is 20.3. The minimum Gasteiger partial charge on any atom is -0.469 e. The number of fused-ring (bicyclic) bond motifs is 1. The van der Waals surface area contributed by atoms with Gasteiger partial charge in [-0.25, -0.2) is 4.79 Å². The Bertz CT molecular complexity index is 1320. The topological polar surface area (TPSA) is 122 Å². The van der Waals surface area contributed by atoms with Gasteiger partial charge in [-0.3, -0.25) is 19.2 Å². The van der Waals surface area contributed by atoms with Crippen molar-refractivity contribution in [2.24, 2.45) is 0 Å². The highest BCUT2D eigenvalue weighted by molar-refractivity contribution is 7.99. The Hall–Kier alpha value is -3.60. The Morgan fingerprint density at radius 3 is 2.84 bits per heavy atom. The quantitative estimate of drug-likeness (QED) is 0.125. The fraction of sp³-hybridized carbons (Fsp3) is 0.250. The molecule has 1 aromatic carbocycles. The van der Waals surface area contributed by atoms with E-state index in [1.165, 1.54) is 34.5 Å². The second-order valence-electron chi connectivity index (χ2n) is 6.73. The summed E-state index contributed by atoms with van der Waals surface area (Å²) in [6.45, 7) is 6.58. The number of non-ortho nitro benzene ring substituents is 1. The van der Waals surface area contributed by atoms with Crippen LogP contribution in [0.15, 0.2) is 62.0 Å². The number of aryl methyl sites for hydroxylation is 2. The summed E-state index contributed by atoms with van der Waals surface area (Å²) in [4.78, 5) is 22.7. The lowest BCUT2D eigenvalue weighted by molar-refractivity contribution is -0.384. The van der Waals surface area contributed by atoms with Crippen LogP contribution in [0, 0.1) is 17.0 Å². The summed E-state index contributed by atoms with van der Waals surface area (Å²) in [5.41, 5.74) is 1.53. The summed E-state index contributed by atoms with van der Waals surface area (Å²) >= 11 is 1.51. The fourth-order valence-electron chi connectivity index (χ4n) is 3.27. The molecule has 0 spiro atoms. The van der Waals surface area contributed by atoms with Crippen molar-refractivity contribution in [2.75, 3.05) is 5.75 Å².